The number of hydrogen-bond acceptors (Lipinski definition) is 5. The molecule has 2 heterocycles. The highest BCUT2D eigenvalue weighted by Gasteiger charge is 2.13. The van der Waals surface area contributed by atoms with Crippen molar-refractivity contribution in [3.8, 4) is 11.7 Å². The zero-order valence-corrected chi connectivity index (χ0v) is 12.6. The molecule has 1 aromatic carbocycles. The zero-order valence-electron chi connectivity index (χ0n) is 12.6. The van der Waals surface area contributed by atoms with Crippen LogP contribution in [0.2, 0.25) is 0 Å². The highest BCUT2D eigenvalue weighted by molar-refractivity contribution is 5.83. The smallest absolute Gasteiger partial charge is 0.273 e. The summed E-state index contributed by atoms with van der Waals surface area (Å²) in [5.41, 5.74) is 2.47. The van der Waals surface area contributed by atoms with E-state index in [2.05, 4.69) is 20.4 Å². The Kier molecular flexibility index (Phi) is 3.46. The molecule has 3 rings (SSSR count). The van der Waals surface area contributed by atoms with Crippen molar-refractivity contribution in [3.63, 3.8) is 0 Å². The van der Waals surface area contributed by atoms with Gasteiger partial charge in [-0.3, -0.25) is 0 Å². The van der Waals surface area contributed by atoms with Crippen LogP contribution in [0.25, 0.3) is 5.95 Å². The van der Waals surface area contributed by atoms with Gasteiger partial charge in [0, 0.05) is 11.3 Å². The van der Waals surface area contributed by atoms with Crippen LogP contribution >= 0.6 is 0 Å². The van der Waals surface area contributed by atoms with E-state index in [0.717, 1.165) is 11.4 Å². The molecule has 0 atom stereocenters. The Morgan fingerprint density at radius 3 is 2.59 bits per heavy atom. The summed E-state index contributed by atoms with van der Waals surface area (Å²) in [6.45, 7) is 5.67. The van der Waals surface area contributed by atoms with Crippen LogP contribution in [0.3, 0.4) is 0 Å². The monoisotopic (exact) mass is 296 g/mol. The molecule has 1 N–H and O–H groups in total. The van der Waals surface area contributed by atoms with Crippen molar-refractivity contribution in [2.75, 3.05) is 0 Å². The third kappa shape index (κ3) is 2.48. The van der Waals surface area contributed by atoms with Gasteiger partial charge in [-0.1, -0.05) is 12.1 Å². The van der Waals surface area contributed by atoms with Crippen LogP contribution < -0.4 is 0 Å². The molecule has 0 aliphatic carbocycles. The number of aryl methyl sites for hydroxylation is 3. The van der Waals surface area contributed by atoms with Gasteiger partial charge < -0.3 is 5.11 Å². The molecular formula is C15H16N6O. The average molecular weight is 296 g/mol. The van der Waals surface area contributed by atoms with Crippen molar-refractivity contribution in [1.82, 2.24) is 24.7 Å². The normalized spacial score (nSPS) is 11.4. The van der Waals surface area contributed by atoms with E-state index in [0.29, 0.717) is 17.3 Å². The van der Waals surface area contributed by atoms with Gasteiger partial charge in [0.05, 0.1) is 11.9 Å². The molecular weight excluding hydrogens is 280 g/mol. The average Bonchev–Trinajstić information content (AvgIpc) is 3.00. The molecule has 0 fully saturated rings. The Hall–Kier alpha value is -2.96. The first kappa shape index (κ1) is 14.0. The molecule has 7 nitrogen and oxygen atoms in total. The molecule has 0 aliphatic rings. The van der Waals surface area contributed by atoms with Gasteiger partial charge in [0.2, 0.25) is 0 Å². The van der Waals surface area contributed by atoms with Crippen LogP contribution in [0.15, 0.2) is 35.4 Å². The van der Waals surface area contributed by atoms with Crippen LogP contribution in [0.4, 0.5) is 0 Å². The summed E-state index contributed by atoms with van der Waals surface area (Å²) in [5.74, 6) is 1.31. The van der Waals surface area contributed by atoms with Crippen molar-refractivity contribution in [3.05, 3.63) is 53.1 Å². The SMILES string of the molecule is Cc1cc(C)n(-c2nnc(C)n2N=Cc2ccccc2O)n1. The van der Waals surface area contributed by atoms with E-state index in [1.165, 1.54) is 0 Å². The fraction of sp³-hybridized carbons (Fsp3) is 0.200. The highest BCUT2D eigenvalue weighted by Crippen LogP contribution is 2.14. The predicted molar refractivity (Wildman–Crippen MR) is 82.5 cm³/mol. The molecule has 2 aromatic heterocycles. The van der Waals surface area contributed by atoms with Crippen LogP contribution in [0.5, 0.6) is 5.75 Å². The molecule has 0 unspecified atom stereocenters. The van der Waals surface area contributed by atoms with E-state index in [9.17, 15) is 5.11 Å². The molecule has 0 saturated heterocycles. The number of aromatic hydroxyl groups is 1. The minimum atomic E-state index is 0.171. The maximum absolute atomic E-state index is 9.79. The number of nitrogens with zero attached hydrogens (tertiary/aromatic N) is 6. The molecule has 0 saturated carbocycles. The molecule has 3 aromatic rings. The lowest BCUT2D eigenvalue weighted by atomic mass is 10.2. The quantitative estimate of drug-likeness (QED) is 0.749. The largest absolute Gasteiger partial charge is 0.507 e. The van der Waals surface area contributed by atoms with E-state index < -0.39 is 0 Å². The zero-order chi connectivity index (χ0) is 15.7. The van der Waals surface area contributed by atoms with Crippen LogP contribution in [-0.4, -0.2) is 36.0 Å². The van der Waals surface area contributed by atoms with Gasteiger partial charge in [0.25, 0.3) is 5.95 Å². The van der Waals surface area contributed by atoms with E-state index in [1.54, 1.807) is 33.8 Å². The summed E-state index contributed by atoms with van der Waals surface area (Å²) < 4.78 is 3.28. The highest BCUT2D eigenvalue weighted by atomic mass is 16.3. The summed E-state index contributed by atoms with van der Waals surface area (Å²) in [5, 5.41) is 26.7. The second-order valence-electron chi connectivity index (χ2n) is 5.00. The number of rotatable bonds is 3. The lowest BCUT2D eigenvalue weighted by Gasteiger charge is -2.04. The first-order valence-corrected chi connectivity index (χ1v) is 6.84. The van der Waals surface area contributed by atoms with Gasteiger partial charge in [-0.05, 0) is 39.0 Å². The van der Waals surface area contributed by atoms with Crippen LogP contribution in [0.1, 0.15) is 22.8 Å². The molecule has 7 heteroatoms. The number of aromatic nitrogens is 5. The Morgan fingerprint density at radius 2 is 1.91 bits per heavy atom. The van der Waals surface area contributed by atoms with E-state index in [4.69, 9.17) is 0 Å². The third-order valence-electron chi connectivity index (χ3n) is 3.23. The Morgan fingerprint density at radius 1 is 1.14 bits per heavy atom. The fourth-order valence-electron chi connectivity index (χ4n) is 2.16. The van der Waals surface area contributed by atoms with Gasteiger partial charge in [0.1, 0.15) is 5.75 Å². The van der Waals surface area contributed by atoms with Crippen molar-refractivity contribution in [1.29, 1.82) is 0 Å². The minimum absolute atomic E-state index is 0.171. The van der Waals surface area contributed by atoms with Crippen molar-refractivity contribution >= 4 is 6.21 Å². The molecule has 22 heavy (non-hydrogen) atoms. The van der Waals surface area contributed by atoms with E-state index in [1.807, 2.05) is 32.9 Å². The lowest BCUT2D eigenvalue weighted by Crippen LogP contribution is -2.08. The van der Waals surface area contributed by atoms with Crippen LogP contribution in [-0.2, 0) is 0 Å². The standard InChI is InChI=1S/C15H16N6O/c1-10-8-11(2)20(19-10)15-18-17-12(3)21(15)16-9-13-6-4-5-7-14(13)22/h4-9,22H,1-3H3. The van der Waals surface area contributed by atoms with Crippen molar-refractivity contribution in [2.24, 2.45) is 5.10 Å². The first-order chi connectivity index (χ1) is 10.6. The van der Waals surface area contributed by atoms with Gasteiger partial charge >= 0.3 is 0 Å². The van der Waals surface area contributed by atoms with E-state index in [-0.39, 0.29) is 5.75 Å². The van der Waals surface area contributed by atoms with E-state index >= 15 is 0 Å². The fourth-order valence-corrected chi connectivity index (χ4v) is 2.16. The minimum Gasteiger partial charge on any atom is -0.507 e. The Balaban J connectivity index is 2.04. The number of para-hydroxylation sites is 1. The van der Waals surface area contributed by atoms with Crippen molar-refractivity contribution < 1.29 is 5.11 Å². The molecule has 0 bridgehead atoms. The predicted octanol–water partition coefficient (Wildman–Crippen LogP) is 1.98. The topological polar surface area (TPSA) is 81.1 Å². The summed E-state index contributed by atoms with van der Waals surface area (Å²) in [6, 6.07) is 8.95. The van der Waals surface area contributed by atoms with Gasteiger partial charge in [-0.25, -0.2) is 4.68 Å². The maximum atomic E-state index is 9.79. The van der Waals surface area contributed by atoms with Gasteiger partial charge in [-0.2, -0.15) is 14.9 Å². The summed E-state index contributed by atoms with van der Waals surface area (Å²) in [6.07, 6.45) is 1.57. The molecule has 0 aliphatic heterocycles. The molecule has 0 amide bonds. The maximum Gasteiger partial charge on any atom is 0.273 e. The number of hydrogen-bond donors (Lipinski definition) is 1. The molecule has 0 spiro atoms. The number of phenolic OH excluding ortho intramolecular Hbond substituents is 1. The van der Waals surface area contributed by atoms with Crippen LogP contribution in [0, 0.1) is 20.8 Å². The Bertz CT molecular complexity index is 846. The molecule has 0 radical (unpaired) electrons. The molecule has 112 valence electrons. The van der Waals surface area contributed by atoms with Gasteiger partial charge in [-0.15, -0.1) is 10.2 Å². The number of benzene rings is 1. The lowest BCUT2D eigenvalue weighted by molar-refractivity contribution is 0.474. The third-order valence-corrected chi connectivity index (χ3v) is 3.23. The van der Waals surface area contributed by atoms with Gasteiger partial charge in [0.15, 0.2) is 5.82 Å². The number of phenols is 1. The Labute approximate surface area is 127 Å². The summed E-state index contributed by atoms with van der Waals surface area (Å²) in [7, 11) is 0. The summed E-state index contributed by atoms with van der Waals surface area (Å²) in [4.78, 5) is 0. The second-order valence-corrected chi connectivity index (χ2v) is 5.00. The first-order valence-electron chi connectivity index (χ1n) is 6.84. The van der Waals surface area contributed by atoms with Crippen molar-refractivity contribution in [2.45, 2.75) is 20.8 Å². The second kappa shape index (κ2) is 5.44. The summed E-state index contributed by atoms with van der Waals surface area (Å²) >= 11 is 0.